The van der Waals surface area contributed by atoms with Crippen molar-refractivity contribution in [2.24, 2.45) is 5.41 Å². The zero-order chi connectivity index (χ0) is 18.4. The highest BCUT2D eigenvalue weighted by molar-refractivity contribution is 5.90. The van der Waals surface area contributed by atoms with Gasteiger partial charge in [0.25, 0.3) is 0 Å². The summed E-state index contributed by atoms with van der Waals surface area (Å²) in [5, 5.41) is 9.97. The van der Waals surface area contributed by atoms with E-state index in [1.165, 1.54) is 0 Å². The van der Waals surface area contributed by atoms with Crippen molar-refractivity contribution in [3.05, 3.63) is 35.5 Å². The van der Waals surface area contributed by atoms with Crippen LogP contribution in [0.4, 0.5) is 5.82 Å². The molecular formula is C19H27N3O3. The number of amides is 1. The summed E-state index contributed by atoms with van der Waals surface area (Å²) >= 11 is 0. The summed E-state index contributed by atoms with van der Waals surface area (Å²) < 4.78 is 10.6. The number of benzene rings is 1. The first-order valence-electron chi connectivity index (χ1n) is 8.35. The van der Waals surface area contributed by atoms with Gasteiger partial charge in [-0.3, -0.25) is 9.89 Å². The van der Waals surface area contributed by atoms with Gasteiger partial charge in [0, 0.05) is 24.2 Å². The third-order valence-electron chi connectivity index (χ3n) is 3.68. The summed E-state index contributed by atoms with van der Waals surface area (Å²) in [6.07, 6.45) is 2.04. The minimum atomic E-state index is -0.0470. The van der Waals surface area contributed by atoms with Crippen molar-refractivity contribution in [3.8, 4) is 11.5 Å². The molecule has 6 nitrogen and oxygen atoms in total. The lowest BCUT2D eigenvalue weighted by Crippen LogP contribution is -2.19. The van der Waals surface area contributed by atoms with Crippen molar-refractivity contribution in [2.75, 3.05) is 19.5 Å². The molecule has 0 saturated carbocycles. The van der Waals surface area contributed by atoms with Crippen LogP contribution in [0.25, 0.3) is 0 Å². The Hall–Kier alpha value is -2.50. The second kappa shape index (κ2) is 8.05. The van der Waals surface area contributed by atoms with Crippen LogP contribution in [0.5, 0.6) is 11.5 Å². The highest BCUT2D eigenvalue weighted by atomic mass is 16.5. The lowest BCUT2D eigenvalue weighted by Gasteiger charge is -2.16. The predicted molar refractivity (Wildman–Crippen MR) is 98.2 cm³/mol. The summed E-state index contributed by atoms with van der Waals surface area (Å²) in [6, 6.07) is 7.70. The Morgan fingerprint density at radius 3 is 2.28 bits per heavy atom. The number of anilines is 1. The number of aryl methyl sites for hydroxylation is 2. The predicted octanol–water partition coefficient (Wildman–Crippen LogP) is 3.59. The van der Waals surface area contributed by atoms with E-state index in [0.717, 1.165) is 35.6 Å². The molecule has 0 aliphatic rings. The average Bonchev–Trinajstić information content (AvgIpc) is 2.98. The van der Waals surface area contributed by atoms with E-state index in [1.807, 2.05) is 45.0 Å². The van der Waals surface area contributed by atoms with Gasteiger partial charge >= 0.3 is 0 Å². The minimum Gasteiger partial charge on any atom is -0.497 e. The van der Waals surface area contributed by atoms with Crippen molar-refractivity contribution in [3.63, 3.8) is 0 Å². The van der Waals surface area contributed by atoms with E-state index in [9.17, 15) is 4.79 Å². The summed E-state index contributed by atoms with van der Waals surface area (Å²) in [5.41, 5.74) is 2.03. The van der Waals surface area contributed by atoms with Crippen LogP contribution in [0.3, 0.4) is 0 Å². The van der Waals surface area contributed by atoms with Gasteiger partial charge in [0.05, 0.1) is 14.2 Å². The molecule has 6 heteroatoms. The van der Waals surface area contributed by atoms with Crippen molar-refractivity contribution < 1.29 is 14.3 Å². The van der Waals surface area contributed by atoms with Gasteiger partial charge in [-0.15, -0.1) is 0 Å². The smallest absolute Gasteiger partial charge is 0.226 e. The number of carbonyl (C=O) groups excluding carboxylic acids is 1. The van der Waals surface area contributed by atoms with E-state index in [0.29, 0.717) is 12.2 Å². The Morgan fingerprint density at radius 2 is 1.72 bits per heavy atom. The van der Waals surface area contributed by atoms with Crippen LogP contribution in [0.2, 0.25) is 0 Å². The summed E-state index contributed by atoms with van der Waals surface area (Å²) in [4.78, 5) is 12.0. The minimum absolute atomic E-state index is 0.0249. The lowest BCUT2D eigenvalue weighted by molar-refractivity contribution is -0.117. The molecule has 2 N–H and O–H groups in total. The second-order valence-corrected chi connectivity index (χ2v) is 7.28. The van der Waals surface area contributed by atoms with Gasteiger partial charge in [-0.25, -0.2) is 0 Å². The molecule has 0 unspecified atom stereocenters. The van der Waals surface area contributed by atoms with Crippen LogP contribution in [0.15, 0.2) is 24.3 Å². The van der Waals surface area contributed by atoms with Gasteiger partial charge in [-0.2, -0.15) is 5.10 Å². The maximum atomic E-state index is 12.0. The van der Waals surface area contributed by atoms with Gasteiger partial charge in [0.15, 0.2) is 5.82 Å². The molecule has 0 aliphatic carbocycles. The number of carbonyl (C=O) groups is 1. The van der Waals surface area contributed by atoms with Crippen LogP contribution in [-0.4, -0.2) is 30.3 Å². The summed E-state index contributed by atoms with van der Waals surface area (Å²) in [6.45, 7) is 6.10. The normalized spacial score (nSPS) is 11.2. The molecule has 1 aromatic carbocycles. The fourth-order valence-electron chi connectivity index (χ4n) is 2.51. The Bertz CT molecular complexity index is 695. The van der Waals surface area contributed by atoms with Gasteiger partial charge < -0.3 is 14.8 Å². The van der Waals surface area contributed by atoms with Crippen molar-refractivity contribution in [2.45, 2.75) is 40.0 Å². The maximum Gasteiger partial charge on any atom is 0.226 e. The van der Waals surface area contributed by atoms with Crippen molar-refractivity contribution in [1.29, 1.82) is 0 Å². The Labute approximate surface area is 148 Å². The molecule has 0 saturated heterocycles. The number of aromatic amines is 1. The van der Waals surface area contributed by atoms with E-state index in [4.69, 9.17) is 9.47 Å². The molecule has 0 bridgehead atoms. The van der Waals surface area contributed by atoms with E-state index < -0.39 is 0 Å². The number of nitrogens with zero attached hydrogens (tertiary/aromatic N) is 1. The van der Waals surface area contributed by atoms with E-state index in [1.54, 1.807) is 14.2 Å². The number of H-pyrrole nitrogens is 1. The number of rotatable bonds is 7. The molecule has 1 aromatic heterocycles. The number of methoxy groups -OCH3 is 2. The molecular weight excluding hydrogens is 318 g/mol. The summed E-state index contributed by atoms with van der Waals surface area (Å²) in [5.74, 6) is 2.08. The van der Waals surface area contributed by atoms with E-state index in [2.05, 4.69) is 15.5 Å². The van der Waals surface area contributed by atoms with Gasteiger partial charge in [0.2, 0.25) is 5.91 Å². The Kier molecular flexibility index (Phi) is 6.07. The standard InChI is InChI=1S/C19H27N3O3/c1-19(2,3)12-18(23)20-17-10-14(21-22-17)7-6-13-8-15(24-4)11-16(9-13)25-5/h8-11H,6-7,12H2,1-5H3,(H2,20,21,22,23). The van der Waals surface area contributed by atoms with Crippen LogP contribution < -0.4 is 14.8 Å². The fourth-order valence-corrected chi connectivity index (χ4v) is 2.51. The molecule has 1 amide bonds. The molecule has 0 fully saturated rings. The highest BCUT2D eigenvalue weighted by Gasteiger charge is 2.16. The second-order valence-electron chi connectivity index (χ2n) is 7.28. The molecule has 2 aromatic rings. The monoisotopic (exact) mass is 345 g/mol. The molecule has 0 spiro atoms. The fraction of sp³-hybridized carbons (Fsp3) is 0.474. The zero-order valence-corrected chi connectivity index (χ0v) is 15.6. The van der Waals surface area contributed by atoms with Gasteiger partial charge in [-0.05, 0) is 36.0 Å². The highest BCUT2D eigenvalue weighted by Crippen LogP contribution is 2.24. The van der Waals surface area contributed by atoms with Gasteiger partial charge in [0.1, 0.15) is 11.5 Å². The Morgan fingerprint density at radius 1 is 1.08 bits per heavy atom. The lowest BCUT2D eigenvalue weighted by atomic mass is 9.92. The van der Waals surface area contributed by atoms with Crippen molar-refractivity contribution >= 4 is 11.7 Å². The van der Waals surface area contributed by atoms with E-state index >= 15 is 0 Å². The number of nitrogens with one attached hydrogen (secondary N) is 2. The first kappa shape index (κ1) is 18.8. The number of aromatic nitrogens is 2. The quantitative estimate of drug-likeness (QED) is 0.804. The van der Waals surface area contributed by atoms with E-state index in [-0.39, 0.29) is 11.3 Å². The van der Waals surface area contributed by atoms with Gasteiger partial charge in [-0.1, -0.05) is 20.8 Å². The molecule has 1 heterocycles. The number of hydrogen-bond acceptors (Lipinski definition) is 4. The largest absolute Gasteiger partial charge is 0.497 e. The zero-order valence-electron chi connectivity index (χ0n) is 15.6. The van der Waals surface area contributed by atoms with Crippen LogP contribution in [0, 0.1) is 5.41 Å². The number of ether oxygens (including phenoxy) is 2. The van der Waals surface area contributed by atoms with Crippen LogP contribution in [-0.2, 0) is 17.6 Å². The van der Waals surface area contributed by atoms with Crippen molar-refractivity contribution in [1.82, 2.24) is 10.2 Å². The Balaban J connectivity index is 1.94. The molecule has 0 aliphatic heterocycles. The molecule has 136 valence electrons. The molecule has 0 atom stereocenters. The third-order valence-corrected chi connectivity index (χ3v) is 3.68. The topological polar surface area (TPSA) is 76.2 Å². The third kappa shape index (κ3) is 6.14. The molecule has 0 radical (unpaired) electrons. The maximum absolute atomic E-state index is 12.0. The van der Waals surface area contributed by atoms with Crippen LogP contribution in [0.1, 0.15) is 38.4 Å². The number of hydrogen-bond donors (Lipinski definition) is 2. The first-order valence-corrected chi connectivity index (χ1v) is 8.35. The average molecular weight is 345 g/mol. The SMILES string of the molecule is COc1cc(CCc2cc(NC(=O)CC(C)(C)C)n[nH]2)cc(OC)c1. The summed E-state index contributed by atoms with van der Waals surface area (Å²) in [7, 11) is 3.28. The molecule has 2 rings (SSSR count). The van der Waals surface area contributed by atoms with Crippen LogP contribution >= 0.6 is 0 Å². The first-order chi connectivity index (χ1) is 11.8. The molecule has 25 heavy (non-hydrogen) atoms.